The summed E-state index contributed by atoms with van der Waals surface area (Å²) in [6.07, 6.45) is 0.974. The molecule has 4 nitrogen and oxygen atoms in total. The molecule has 0 bridgehead atoms. The minimum absolute atomic E-state index is 0.241. The lowest BCUT2D eigenvalue weighted by Crippen LogP contribution is -2.66. The summed E-state index contributed by atoms with van der Waals surface area (Å²) in [5, 5.41) is 3.25. The van der Waals surface area contributed by atoms with Gasteiger partial charge in [-0.3, -0.25) is 0 Å². The molecule has 0 radical (unpaired) electrons. The van der Waals surface area contributed by atoms with Crippen molar-refractivity contribution in [2.24, 2.45) is 0 Å². The number of nitrogens with one attached hydrogen (secondary N) is 1. The molecule has 0 aromatic heterocycles. The maximum Gasteiger partial charge on any atom is 0.154 e. The lowest BCUT2D eigenvalue weighted by atomic mass is 10.1. The van der Waals surface area contributed by atoms with E-state index >= 15 is 0 Å². The first-order valence-electron chi connectivity index (χ1n) is 4.15. The van der Waals surface area contributed by atoms with Gasteiger partial charge < -0.3 is 10.1 Å². The summed E-state index contributed by atoms with van der Waals surface area (Å²) in [5.41, 5.74) is -0.241. The molecule has 0 aromatic rings. The van der Waals surface area contributed by atoms with Gasteiger partial charge in [-0.15, -0.1) is 0 Å². The first-order valence-corrected chi connectivity index (χ1v) is 5.97. The van der Waals surface area contributed by atoms with Gasteiger partial charge in [0.1, 0.15) is 0 Å². The summed E-state index contributed by atoms with van der Waals surface area (Å²) in [5.74, 6) is 0.500. The zero-order valence-corrected chi connectivity index (χ0v) is 7.69. The van der Waals surface area contributed by atoms with Gasteiger partial charge in [0.2, 0.25) is 0 Å². The lowest BCUT2D eigenvalue weighted by Gasteiger charge is -2.40. The first kappa shape index (κ1) is 8.47. The number of rotatable bonds is 0. The Morgan fingerprint density at radius 2 is 2.08 bits per heavy atom. The van der Waals surface area contributed by atoms with Crippen LogP contribution in [0.2, 0.25) is 0 Å². The number of ether oxygens (including phenoxy) is 1. The van der Waals surface area contributed by atoms with Gasteiger partial charge in [0.25, 0.3) is 0 Å². The van der Waals surface area contributed by atoms with Crippen molar-refractivity contribution in [2.75, 3.05) is 31.3 Å². The fourth-order valence-corrected chi connectivity index (χ4v) is 3.80. The van der Waals surface area contributed by atoms with Crippen LogP contribution in [0.4, 0.5) is 0 Å². The summed E-state index contributed by atoms with van der Waals surface area (Å²) in [4.78, 5) is 0. The third-order valence-corrected chi connectivity index (χ3v) is 4.32. The molecule has 70 valence electrons. The van der Waals surface area contributed by atoms with Gasteiger partial charge in [-0.25, -0.2) is 8.42 Å². The molecule has 0 unspecified atom stereocenters. The van der Waals surface area contributed by atoms with Gasteiger partial charge in [-0.1, -0.05) is 0 Å². The molecule has 0 atom stereocenters. The SMILES string of the molecule is O=S1(=O)CC2(COCCCN2)C1. The molecule has 2 heterocycles. The largest absolute Gasteiger partial charge is 0.379 e. The van der Waals surface area contributed by atoms with Crippen molar-refractivity contribution in [3.8, 4) is 0 Å². The highest BCUT2D eigenvalue weighted by atomic mass is 32.2. The van der Waals surface area contributed by atoms with Gasteiger partial charge in [-0.2, -0.15) is 0 Å². The lowest BCUT2D eigenvalue weighted by molar-refractivity contribution is 0.103. The smallest absolute Gasteiger partial charge is 0.154 e. The Bertz CT molecular complexity index is 250. The van der Waals surface area contributed by atoms with E-state index in [4.69, 9.17) is 4.74 Å². The van der Waals surface area contributed by atoms with Crippen molar-refractivity contribution < 1.29 is 13.2 Å². The predicted octanol–water partition coefficient (Wildman–Crippen LogP) is -0.836. The standard InChI is InChI=1S/C7H13NO3S/c9-12(10)5-7(6-12)4-11-3-1-2-8-7/h8H,1-6H2. The van der Waals surface area contributed by atoms with Crippen LogP contribution < -0.4 is 5.32 Å². The van der Waals surface area contributed by atoms with Crippen LogP contribution in [0, 0.1) is 0 Å². The summed E-state index contributed by atoms with van der Waals surface area (Å²) >= 11 is 0. The Balaban J connectivity index is 2.03. The van der Waals surface area contributed by atoms with Gasteiger partial charge in [-0.05, 0) is 13.0 Å². The molecule has 0 amide bonds. The van der Waals surface area contributed by atoms with Gasteiger partial charge in [0.05, 0.1) is 23.7 Å². The molecule has 1 N–H and O–H groups in total. The summed E-state index contributed by atoms with van der Waals surface area (Å²) in [7, 11) is -2.75. The van der Waals surface area contributed by atoms with Crippen LogP contribution >= 0.6 is 0 Å². The van der Waals surface area contributed by atoms with Gasteiger partial charge in [0, 0.05) is 6.61 Å². The Labute approximate surface area is 72.2 Å². The Morgan fingerprint density at radius 3 is 2.75 bits per heavy atom. The molecule has 2 aliphatic rings. The minimum atomic E-state index is -2.75. The molecule has 0 saturated carbocycles. The van der Waals surface area contributed by atoms with Crippen molar-refractivity contribution in [2.45, 2.75) is 12.0 Å². The van der Waals surface area contributed by atoms with Crippen LogP contribution in [0.15, 0.2) is 0 Å². The average Bonchev–Trinajstić information content (AvgIpc) is 2.10. The normalized spacial score (nSPS) is 32.3. The zero-order valence-electron chi connectivity index (χ0n) is 6.88. The van der Waals surface area contributed by atoms with E-state index in [1.165, 1.54) is 0 Å². The Hall–Kier alpha value is -0.130. The van der Waals surface area contributed by atoms with E-state index < -0.39 is 9.84 Å². The Kier molecular flexibility index (Phi) is 1.89. The van der Waals surface area contributed by atoms with Crippen molar-refractivity contribution in [3.05, 3.63) is 0 Å². The molecule has 12 heavy (non-hydrogen) atoms. The maximum absolute atomic E-state index is 11.0. The molecule has 0 aromatic carbocycles. The van der Waals surface area contributed by atoms with Crippen LogP contribution in [-0.2, 0) is 14.6 Å². The molecule has 2 fully saturated rings. The predicted molar refractivity (Wildman–Crippen MR) is 44.8 cm³/mol. The topological polar surface area (TPSA) is 55.4 Å². The van der Waals surface area contributed by atoms with Crippen molar-refractivity contribution in [1.29, 1.82) is 0 Å². The second-order valence-corrected chi connectivity index (χ2v) is 5.71. The van der Waals surface area contributed by atoms with E-state index in [-0.39, 0.29) is 17.0 Å². The second kappa shape index (κ2) is 2.68. The quantitative estimate of drug-likeness (QED) is 0.542. The number of sulfone groups is 1. The van der Waals surface area contributed by atoms with Crippen molar-refractivity contribution >= 4 is 9.84 Å². The van der Waals surface area contributed by atoms with E-state index in [1.54, 1.807) is 0 Å². The summed E-state index contributed by atoms with van der Waals surface area (Å²) < 4.78 is 27.3. The maximum atomic E-state index is 11.0. The Morgan fingerprint density at radius 1 is 1.33 bits per heavy atom. The van der Waals surface area contributed by atoms with Gasteiger partial charge in [0.15, 0.2) is 9.84 Å². The number of hydrogen-bond donors (Lipinski definition) is 1. The van der Waals surface area contributed by atoms with E-state index in [1.807, 2.05) is 0 Å². The van der Waals surface area contributed by atoms with Crippen molar-refractivity contribution in [3.63, 3.8) is 0 Å². The van der Waals surface area contributed by atoms with Crippen LogP contribution in [0.1, 0.15) is 6.42 Å². The molecular formula is C7H13NO3S. The molecular weight excluding hydrogens is 178 g/mol. The highest BCUT2D eigenvalue weighted by Gasteiger charge is 2.48. The highest BCUT2D eigenvalue weighted by Crippen LogP contribution is 2.25. The highest BCUT2D eigenvalue weighted by molar-refractivity contribution is 7.93. The van der Waals surface area contributed by atoms with Crippen LogP contribution in [-0.4, -0.2) is 45.2 Å². The molecule has 2 saturated heterocycles. The van der Waals surface area contributed by atoms with Gasteiger partial charge >= 0.3 is 0 Å². The molecule has 0 aliphatic carbocycles. The van der Waals surface area contributed by atoms with E-state index in [2.05, 4.69) is 5.32 Å². The molecule has 5 heteroatoms. The minimum Gasteiger partial charge on any atom is -0.379 e. The average molecular weight is 191 g/mol. The third kappa shape index (κ3) is 1.48. The van der Waals surface area contributed by atoms with Crippen LogP contribution in [0.5, 0.6) is 0 Å². The van der Waals surface area contributed by atoms with E-state index in [9.17, 15) is 8.42 Å². The molecule has 2 aliphatic heterocycles. The summed E-state index contributed by atoms with van der Waals surface area (Å²) in [6.45, 7) is 2.16. The molecule has 1 spiro atoms. The van der Waals surface area contributed by atoms with Crippen LogP contribution in [0.3, 0.4) is 0 Å². The zero-order chi connectivity index (χ0) is 8.66. The number of hydrogen-bond acceptors (Lipinski definition) is 4. The third-order valence-electron chi connectivity index (χ3n) is 2.34. The van der Waals surface area contributed by atoms with Crippen molar-refractivity contribution in [1.82, 2.24) is 5.32 Å². The van der Waals surface area contributed by atoms with E-state index in [0.29, 0.717) is 6.61 Å². The summed E-state index contributed by atoms with van der Waals surface area (Å²) in [6, 6.07) is 0. The monoisotopic (exact) mass is 191 g/mol. The fourth-order valence-electron chi connectivity index (χ4n) is 1.83. The van der Waals surface area contributed by atoms with Crippen LogP contribution in [0.25, 0.3) is 0 Å². The fraction of sp³-hybridized carbons (Fsp3) is 1.00. The second-order valence-electron chi connectivity index (χ2n) is 3.65. The first-order chi connectivity index (χ1) is 5.62. The molecule has 2 rings (SSSR count). The van der Waals surface area contributed by atoms with E-state index in [0.717, 1.165) is 19.6 Å².